The van der Waals surface area contributed by atoms with E-state index >= 15 is 0 Å². The molecule has 25 heavy (non-hydrogen) atoms. The summed E-state index contributed by atoms with van der Waals surface area (Å²) in [4.78, 5) is 26.6. The lowest BCUT2D eigenvalue weighted by Gasteiger charge is -2.25. The predicted molar refractivity (Wildman–Crippen MR) is 97.5 cm³/mol. The second-order valence-corrected chi connectivity index (χ2v) is 7.00. The van der Waals surface area contributed by atoms with E-state index in [1.807, 2.05) is 43.5 Å². The topological polar surface area (TPSA) is 67.8 Å². The van der Waals surface area contributed by atoms with Gasteiger partial charge in [-0.2, -0.15) is 0 Å². The van der Waals surface area contributed by atoms with Gasteiger partial charge in [0.05, 0.1) is 17.2 Å². The van der Waals surface area contributed by atoms with Crippen LogP contribution in [-0.2, 0) is 6.42 Å². The van der Waals surface area contributed by atoms with E-state index in [0.717, 1.165) is 47.6 Å². The van der Waals surface area contributed by atoms with Crippen molar-refractivity contribution in [2.45, 2.75) is 32.2 Å². The maximum absolute atomic E-state index is 12.5. The molecule has 1 atom stereocenters. The molecule has 0 radical (unpaired) electrons. The van der Waals surface area contributed by atoms with Crippen LogP contribution in [0.25, 0.3) is 11.4 Å². The molecule has 4 rings (SSSR count). The first-order valence-corrected chi connectivity index (χ1v) is 9.22. The summed E-state index contributed by atoms with van der Waals surface area (Å²) in [5.41, 5.74) is 5.55. The number of carbonyl (C=O) groups excluding carboxylic acids is 1. The van der Waals surface area contributed by atoms with Gasteiger partial charge in [0.2, 0.25) is 0 Å². The third-order valence-corrected chi connectivity index (χ3v) is 5.40. The van der Waals surface area contributed by atoms with Crippen LogP contribution in [0.15, 0.2) is 42.0 Å². The first-order chi connectivity index (χ1) is 12.2. The highest BCUT2D eigenvalue weighted by Gasteiger charge is 2.25. The molecule has 0 unspecified atom stereocenters. The van der Waals surface area contributed by atoms with Crippen LogP contribution >= 0.6 is 11.3 Å². The molecule has 0 saturated heterocycles. The van der Waals surface area contributed by atoms with Crippen molar-refractivity contribution in [3.63, 3.8) is 0 Å². The number of rotatable bonds is 3. The van der Waals surface area contributed by atoms with Crippen molar-refractivity contribution in [1.29, 1.82) is 0 Å². The molecule has 5 nitrogen and oxygen atoms in total. The Hall–Kier alpha value is -2.60. The number of amides is 1. The zero-order valence-corrected chi connectivity index (χ0v) is 14.7. The lowest BCUT2D eigenvalue weighted by atomic mass is 9.92. The van der Waals surface area contributed by atoms with Gasteiger partial charge < -0.3 is 5.32 Å². The molecule has 3 aromatic rings. The molecule has 1 aliphatic rings. The normalized spacial score (nSPS) is 16.3. The Bertz CT molecular complexity index is 907. The Morgan fingerprint density at radius 2 is 2.08 bits per heavy atom. The van der Waals surface area contributed by atoms with Crippen molar-refractivity contribution in [3.8, 4) is 11.4 Å². The minimum absolute atomic E-state index is 0.0393. The number of nitrogens with zero attached hydrogens (tertiary/aromatic N) is 3. The molecule has 1 aromatic carbocycles. The minimum atomic E-state index is -0.0648. The molecule has 1 N–H and O–H groups in total. The van der Waals surface area contributed by atoms with E-state index in [4.69, 9.17) is 4.98 Å². The predicted octanol–water partition coefficient (Wildman–Crippen LogP) is 3.72. The smallest absolute Gasteiger partial charge is 0.263 e. The van der Waals surface area contributed by atoms with Crippen LogP contribution in [0, 0.1) is 6.92 Å². The average Bonchev–Trinajstić information content (AvgIpc) is 3.08. The summed E-state index contributed by atoms with van der Waals surface area (Å²) >= 11 is 1.37. The summed E-state index contributed by atoms with van der Waals surface area (Å²) in [6.45, 7) is 1.86. The fourth-order valence-electron chi connectivity index (χ4n) is 3.17. The highest BCUT2D eigenvalue weighted by atomic mass is 32.1. The Morgan fingerprint density at radius 3 is 2.84 bits per heavy atom. The second-order valence-electron chi connectivity index (χ2n) is 6.15. The van der Waals surface area contributed by atoms with Gasteiger partial charge >= 0.3 is 0 Å². The number of thiazole rings is 1. The third kappa shape index (κ3) is 3.17. The number of hydrogen-bond donors (Lipinski definition) is 1. The molecule has 2 heterocycles. The summed E-state index contributed by atoms with van der Waals surface area (Å²) in [7, 11) is 0. The summed E-state index contributed by atoms with van der Waals surface area (Å²) in [5.74, 6) is 0.676. The van der Waals surface area contributed by atoms with Crippen molar-refractivity contribution in [2.24, 2.45) is 0 Å². The van der Waals surface area contributed by atoms with Crippen LogP contribution in [0.5, 0.6) is 0 Å². The molecule has 0 saturated carbocycles. The molecule has 0 fully saturated rings. The van der Waals surface area contributed by atoms with Crippen molar-refractivity contribution in [1.82, 2.24) is 20.3 Å². The van der Waals surface area contributed by atoms with Crippen LogP contribution in [0.2, 0.25) is 0 Å². The molecule has 0 aliphatic heterocycles. The minimum Gasteiger partial charge on any atom is -0.344 e. The zero-order valence-electron chi connectivity index (χ0n) is 13.9. The Kier molecular flexibility index (Phi) is 4.28. The monoisotopic (exact) mass is 350 g/mol. The van der Waals surface area contributed by atoms with Gasteiger partial charge in [0.15, 0.2) is 5.82 Å². The largest absolute Gasteiger partial charge is 0.344 e. The van der Waals surface area contributed by atoms with Crippen LogP contribution in [-0.4, -0.2) is 20.9 Å². The SMILES string of the molecule is Cc1ncsc1C(=O)N[C@@H]1CCCc2nc(-c3ccccc3)ncc21. The first kappa shape index (κ1) is 15.9. The van der Waals surface area contributed by atoms with Crippen LogP contribution in [0.1, 0.15) is 45.5 Å². The molecular weight excluding hydrogens is 332 g/mol. The molecule has 1 amide bonds. The third-order valence-electron chi connectivity index (χ3n) is 4.47. The molecule has 2 aromatic heterocycles. The molecular formula is C19H18N4OS. The van der Waals surface area contributed by atoms with E-state index in [0.29, 0.717) is 4.88 Å². The number of hydrogen-bond acceptors (Lipinski definition) is 5. The number of benzene rings is 1. The van der Waals surface area contributed by atoms with Gasteiger partial charge in [0, 0.05) is 23.0 Å². The maximum Gasteiger partial charge on any atom is 0.263 e. The summed E-state index contributed by atoms with van der Waals surface area (Å²) in [5, 5.41) is 3.13. The van der Waals surface area contributed by atoms with Crippen molar-refractivity contribution in [3.05, 3.63) is 63.9 Å². The fraction of sp³-hybridized carbons (Fsp3) is 0.263. The van der Waals surface area contributed by atoms with Crippen LogP contribution in [0.3, 0.4) is 0 Å². The number of aryl methyl sites for hydroxylation is 2. The molecule has 1 aliphatic carbocycles. The van der Waals surface area contributed by atoms with E-state index < -0.39 is 0 Å². The average molecular weight is 350 g/mol. The first-order valence-electron chi connectivity index (χ1n) is 8.34. The molecule has 126 valence electrons. The summed E-state index contributed by atoms with van der Waals surface area (Å²) in [6, 6.07) is 9.93. The Balaban J connectivity index is 1.60. The lowest BCUT2D eigenvalue weighted by Crippen LogP contribution is -2.31. The van der Waals surface area contributed by atoms with Gasteiger partial charge in [0.1, 0.15) is 4.88 Å². The standard InChI is InChI=1S/C19H18N4OS/c1-12-17(25-11-21-12)19(24)23-16-9-5-8-15-14(16)10-20-18(22-15)13-6-3-2-4-7-13/h2-4,6-7,10-11,16H,5,8-9H2,1H3,(H,23,24)/t16-/m1/s1. The van der Waals surface area contributed by atoms with Gasteiger partial charge in [-0.25, -0.2) is 15.0 Å². The molecule has 0 spiro atoms. The zero-order chi connectivity index (χ0) is 17.2. The van der Waals surface area contributed by atoms with Crippen LogP contribution in [0.4, 0.5) is 0 Å². The quantitative estimate of drug-likeness (QED) is 0.782. The van der Waals surface area contributed by atoms with Crippen molar-refractivity contribution >= 4 is 17.2 Å². The lowest BCUT2D eigenvalue weighted by molar-refractivity contribution is 0.0936. The second kappa shape index (κ2) is 6.72. The van der Waals surface area contributed by atoms with Gasteiger partial charge in [0.25, 0.3) is 5.91 Å². The highest BCUT2D eigenvalue weighted by molar-refractivity contribution is 7.11. The number of aromatic nitrogens is 3. The Labute approximate surface area is 150 Å². The van der Waals surface area contributed by atoms with Gasteiger partial charge in [-0.3, -0.25) is 4.79 Å². The van der Waals surface area contributed by atoms with E-state index in [9.17, 15) is 4.79 Å². The van der Waals surface area contributed by atoms with Gasteiger partial charge in [-0.15, -0.1) is 11.3 Å². The summed E-state index contributed by atoms with van der Waals surface area (Å²) in [6.07, 6.45) is 4.70. The Morgan fingerprint density at radius 1 is 1.24 bits per heavy atom. The van der Waals surface area contributed by atoms with E-state index in [2.05, 4.69) is 15.3 Å². The van der Waals surface area contributed by atoms with Gasteiger partial charge in [-0.1, -0.05) is 30.3 Å². The van der Waals surface area contributed by atoms with Gasteiger partial charge in [-0.05, 0) is 26.2 Å². The highest BCUT2D eigenvalue weighted by Crippen LogP contribution is 2.30. The number of fused-ring (bicyclic) bond motifs is 1. The fourth-order valence-corrected chi connectivity index (χ4v) is 3.87. The van der Waals surface area contributed by atoms with Crippen LogP contribution < -0.4 is 5.32 Å². The van der Waals surface area contributed by atoms with E-state index in [1.54, 1.807) is 5.51 Å². The van der Waals surface area contributed by atoms with Crippen molar-refractivity contribution < 1.29 is 4.79 Å². The number of nitrogens with one attached hydrogen (secondary N) is 1. The van der Waals surface area contributed by atoms with E-state index in [1.165, 1.54) is 11.3 Å². The molecule has 6 heteroatoms. The number of carbonyl (C=O) groups is 1. The van der Waals surface area contributed by atoms with Crippen molar-refractivity contribution in [2.75, 3.05) is 0 Å². The maximum atomic E-state index is 12.5. The molecule has 0 bridgehead atoms. The summed E-state index contributed by atoms with van der Waals surface area (Å²) < 4.78 is 0. The van der Waals surface area contributed by atoms with E-state index in [-0.39, 0.29) is 11.9 Å².